The molecule has 1 rings (SSSR count). The highest BCUT2D eigenvalue weighted by atomic mass is 32.2. The number of unbranched alkanes of at least 4 members (excludes halogenated alkanes) is 2. The summed E-state index contributed by atoms with van der Waals surface area (Å²) in [6.07, 6.45) is -6.41. The molecule has 3 nitrogen and oxygen atoms in total. The van der Waals surface area contributed by atoms with E-state index in [9.17, 15) is 30.4 Å². The lowest BCUT2D eigenvalue weighted by atomic mass is 10.2. The molecular weight excluding hydrogens is 367 g/mol. The van der Waals surface area contributed by atoms with E-state index in [0.717, 1.165) is 0 Å². The minimum Gasteiger partial charge on any atom is -0.494 e. The number of halogens is 5. The summed E-state index contributed by atoms with van der Waals surface area (Å²) >= 11 is 0. The van der Waals surface area contributed by atoms with Gasteiger partial charge in [0.2, 0.25) is 0 Å². The van der Waals surface area contributed by atoms with Gasteiger partial charge in [-0.25, -0.2) is 8.42 Å². The minimum absolute atomic E-state index is 0.231. The second kappa shape index (κ2) is 9.35. The molecule has 0 N–H and O–H groups in total. The van der Waals surface area contributed by atoms with Crippen LogP contribution in [0.4, 0.5) is 22.0 Å². The van der Waals surface area contributed by atoms with Crippen LogP contribution in [-0.4, -0.2) is 38.6 Å². The van der Waals surface area contributed by atoms with E-state index < -0.39 is 40.5 Å². The van der Waals surface area contributed by atoms with Crippen LogP contribution in [0.5, 0.6) is 5.75 Å². The average Bonchev–Trinajstić information content (AvgIpc) is 2.50. The standard InChI is InChI=1S/C16H20F5O3S/c17-15(18,16(19,20)21)10-7-13-25(22,23)12-6-2-5-11-24-14-8-3-1-4-9-14/h3-4,8-9H,2,5-7,10-13H2. The highest BCUT2D eigenvalue weighted by Crippen LogP contribution is 2.38. The quantitative estimate of drug-likeness (QED) is 0.417. The van der Waals surface area contributed by atoms with Crippen LogP contribution in [0.25, 0.3) is 0 Å². The summed E-state index contributed by atoms with van der Waals surface area (Å²) < 4.78 is 90.1. The van der Waals surface area contributed by atoms with Crippen LogP contribution < -0.4 is 4.74 Å². The van der Waals surface area contributed by atoms with Gasteiger partial charge in [0, 0.05) is 6.42 Å². The Labute approximate surface area is 144 Å². The normalized spacial score (nSPS) is 13.0. The summed E-state index contributed by atoms with van der Waals surface area (Å²) in [6, 6.07) is 9.71. The lowest BCUT2D eigenvalue weighted by molar-refractivity contribution is -0.284. The van der Waals surface area contributed by atoms with Gasteiger partial charge in [0.15, 0.2) is 0 Å². The largest absolute Gasteiger partial charge is 0.494 e. The molecule has 1 aromatic carbocycles. The maximum Gasteiger partial charge on any atom is 0.453 e. The summed E-state index contributed by atoms with van der Waals surface area (Å²) in [5.41, 5.74) is 0. The molecule has 1 aromatic rings. The van der Waals surface area contributed by atoms with Crippen molar-refractivity contribution in [2.24, 2.45) is 0 Å². The van der Waals surface area contributed by atoms with Crippen molar-refractivity contribution in [1.29, 1.82) is 0 Å². The number of benzene rings is 1. The molecule has 0 fully saturated rings. The molecule has 0 saturated heterocycles. The van der Waals surface area contributed by atoms with Crippen molar-refractivity contribution in [3.8, 4) is 5.75 Å². The van der Waals surface area contributed by atoms with Crippen molar-refractivity contribution in [3.63, 3.8) is 0 Å². The Hall–Kier alpha value is -1.38. The zero-order valence-electron chi connectivity index (χ0n) is 13.5. The predicted molar refractivity (Wildman–Crippen MR) is 83.5 cm³/mol. The van der Waals surface area contributed by atoms with Crippen LogP contribution in [-0.2, 0) is 9.84 Å². The second-order valence-electron chi connectivity index (χ2n) is 5.60. The van der Waals surface area contributed by atoms with Gasteiger partial charge in [-0.3, -0.25) is 0 Å². The van der Waals surface area contributed by atoms with Crippen LogP contribution >= 0.6 is 0 Å². The third-order valence-electron chi connectivity index (χ3n) is 3.42. The van der Waals surface area contributed by atoms with Crippen LogP contribution in [0.15, 0.2) is 24.3 Å². The van der Waals surface area contributed by atoms with Crippen LogP contribution in [0, 0.1) is 6.07 Å². The Morgan fingerprint density at radius 3 is 2.12 bits per heavy atom. The van der Waals surface area contributed by atoms with Gasteiger partial charge >= 0.3 is 12.1 Å². The smallest absolute Gasteiger partial charge is 0.453 e. The van der Waals surface area contributed by atoms with E-state index in [4.69, 9.17) is 4.74 Å². The first-order valence-electron chi connectivity index (χ1n) is 7.77. The van der Waals surface area contributed by atoms with Crippen LogP contribution in [0.3, 0.4) is 0 Å². The molecule has 0 saturated carbocycles. The van der Waals surface area contributed by atoms with Crippen molar-refractivity contribution >= 4 is 9.84 Å². The maximum atomic E-state index is 12.7. The summed E-state index contributed by atoms with van der Waals surface area (Å²) in [4.78, 5) is 0. The third-order valence-corrected chi connectivity index (χ3v) is 5.24. The lowest BCUT2D eigenvalue weighted by Crippen LogP contribution is -2.36. The topological polar surface area (TPSA) is 43.4 Å². The monoisotopic (exact) mass is 387 g/mol. The molecule has 0 aromatic heterocycles. The number of alkyl halides is 5. The first-order valence-corrected chi connectivity index (χ1v) is 9.59. The van der Waals surface area contributed by atoms with Crippen LogP contribution in [0.1, 0.15) is 32.1 Å². The lowest BCUT2D eigenvalue weighted by Gasteiger charge is -2.19. The first-order chi connectivity index (χ1) is 11.5. The molecular formula is C16H20F5O3S. The fourth-order valence-corrected chi connectivity index (χ4v) is 3.45. The first kappa shape index (κ1) is 21.7. The molecule has 0 amide bonds. The molecule has 0 unspecified atom stereocenters. The average molecular weight is 387 g/mol. The SMILES string of the molecule is O=S(=O)(CCCCCOc1cc[c]cc1)CCCC(F)(F)C(F)(F)F. The van der Waals surface area contributed by atoms with Crippen LogP contribution in [0.2, 0.25) is 0 Å². The predicted octanol–water partition coefficient (Wildman–Crippen LogP) is 4.43. The Morgan fingerprint density at radius 1 is 0.920 bits per heavy atom. The second-order valence-corrected chi connectivity index (χ2v) is 7.91. The van der Waals surface area contributed by atoms with Crippen molar-refractivity contribution in [2.75, 3.05) is 18.1 Å². The molecule has 25 heavy (non-hydrogen) atoms. The Morgan fingerprint density at radius 2 is 1.52 bits per heavy atom. The van der Waals surface area contributed by atoms with Gasteiger partial charge in [0.05, 0.1) is 18.1 Å². The van der Waals surface area contributed by atoms with E-state index in [1.165, 1.54) is 0 Å². The maximum absolute atomic E-state index is 12.7. The number of rotatable bonds is 11. The summed E-state index contributed by atoms with van der Waals surface area (Å²) in [7, 11) is -3.63. The van der Waals surface area contributed by atoms with Gasteiger partial charge in [0.1, 0.15) is 15.6 Å². The van der Waals surface area contributed by atoms with E-state index in [1.807, 2.05) is 0 Å². The Kier molecular flexibility index (Phi) is 8.11. The molecule has 1 radical (unpaired) electrons. The zero-order chi connectivity index (χ0) is 19.0. The molecule has 0 aliphatic carbocycles. The van der Waals surface area contributed by atoms with Gasteiger partial charge in [-0.1, -0.05) is 12.1 Å². The molecule has 0 heterocycles. The molecule has 0 atom stereocenters. The number of hydrogen-bond acceptors (Lipinski definition) is 3. The molecule has 0 bridgehead atoms. The summed E-state index contributed by atoms with van der Waals surface area (Å²) in [5, 5.41) is 0. The van der Waals surface area contributed by atoms with Crippen molar-refractivity contribution < 1.29 is 35.1 Å². The fourth-order valence-electron chi connectivity index (χ4n) is 2.02. The molecule has 143 valence electrons. The van der Waals surface area contributed by atoms with Gasteiger partial charge in [-0.05, 0) is 43.9 Å². The van der Waals surface area contributed by atoms with E-state index in [-0.39, 0.29) is 5.75 Å². The molecule has 0 aliphatic rings. The van der Waals surface area contributed by atoms with Crippen molar-refractivity contribution in [3.05, 3.63) is 30.3 Å². The van der Waals surface area contributed by atoms with E-state index in [1.54, 1.807) is 24.3 Å². The zero-order valence-corrected chi connectivity index (χ0v) is 14.3. The van der Waals surface area contributed by atoms with Gasteiger partial charge < -0.3 is 4.74 Å². The molecule has 9 heteroatoms. The van der Waals surface area contributed by atoms with Gasteiger partial charge in [-0.2, -0.15) is 22.0 Å². The number of ether oxygens (including phenoxy) is 1. The Balaban J connectivity index is 2.17. The Bertz CT molecular complexity index is 600. The number of sulfone groups is 1. The highest BCUT2D eigenvalue weighted by Gasteiger charge is 2.56. The van der Waals surface area contributed by atoms with E-state index in [2.05, 4.69) is 6.07 Å². The summed E-state index contributed by atoms with van der Waals surface area (Å²) in [6.45, 7) is 0.405. The van der Waals surface area contributed by atoms with Gasteiger partial charge in [0.25, 0.3) is 0 Å². The summed E-state index contributed by atoms with van der Waals surface area (Å²) in [5.74, 6) is -5.08. The fraction of sp³-hybridized carbons (Fsp3) is 0.625. The number of hydrogen-bond donors (Lipinski definition) is 0. The minimum atomic E-state index is -5.65. The van der Waals surface area contributed by atoms with E-state index in [0.29, 0.717) is 31.6 Å². The molecule has 0 aliphatic heterocycles. The highest BCUT2D eigenvalue weighted by molar-refractivity contribution is 7.91. The van der Waals surface area contributed by atoms with Crippen molar-refractivity contribution in [2.45, 2.75) is 44.2 Å². The van der Waals surface area contributed by atoms with Crippen molar-refractivity contribution in [1.82, 2.24) is 0 Å². The third kappa shape index (κ3) is 8.51. The van der Waals surface area contributed by atoms with E-state index >= 15 is 0 Å². The molecule has 0 spiro atoms. The van der Waals surface area contributed by atoms with Gasteiger partial charge in [-0.15, -0.1) is 0 Å².